The molecule has 0 spiro atoms. The molecule has 102 valence electrons. The normalized spacial score (nSPS) is 14.3. The maximum Gasteiger partial charge on any atom is 0.128 e. The summed E-state index contributed by atoms with van der Waals surface area (Å²) in [6.07, 6.45) is 0. The molecule has 0 saturated carbocycles. The van der Waals surface area contributed by atoms with E-state index >= 15 is 0 Å². The van der Waals surface area contributed by atoms with Crippen molar-refractivity contribution in [1.82, 2.24) is 5.32 Å². The van der Waals surface area contributed by atoms with E-state index in [1.807, 2.05) is 17.5 Å². The molecule has 0 aliphatic carbocycles. The lowest BCUT2D eigenvalue weighted by molar-refractivity contribution is 0.170. The van der Waals surface area contributed by atoms with E-state index in [1.54, 1.807) is 18.3 Å². The molecule has 1 aromatic heterocycles. The Morgan fingerprint density at radius 1 is 1.32 bits per heavy atom. The molecule has 2 N–H and O–H groups in total. The van der Waals surface area contributed by atoms with Gasteiger partial charge in [-0.05, 0) is 36.6 Å². The smallest absolute Gasteiger partial charge is 0.128 e. The van der Waals surface area contributed by atoms with Gasteiger partial charge in [-0.3, -0.25) is 0 Å². The van der Waals surface area contributed by atoms with Crippen molar-refractivity contribution in [2.45, 2.75) is 19.0 Å². The number of nitrogens with one attached hydrogen (secondary N) is 1. The molecule has 0 bridgehead atoms. The number of aliphatic hydroxyl groups excluding tert-OH is 1. The molecule has 1 unspecified atom stereocenters. The lowest BCUT2D eigenvalue weighted by Crippen LogP contribution is -2.43. The van der Waals surface area contributed by atoms with E-state index in [0.717, 1.165) is 23.1 Å². The second-order valence-electron chi connectivity index (χ2n) is 4.55. The largest absolute Gasteiger partial charge is 0.394 e. The highest BCUT2D eigenvalue weighted by atomic mass is 32.1. The van der Waals surface area contributed by atoms with Gasteiger partial charge in [0, 0.05) is 17.0 Å². The fourth-order valence-corrected chi connectivity index (χ4v) is 2.50. The van der Waals surface area contributed by atoms with Gasteiger partial charge in [0.15, 0.2) is 0 Å². The standard InChI is InChI=1S/C14H15F2NOS/c1-14(9-18,17-8-11-3-2-6-19-11)12-7-10(15)4-5-13(12)16/h2-7,17-18H,8-9H2,1H3. The number of benzene rings is 1. The highest BCUT2D eigenvalue weighted by Crippen LogP contribution is 2.25. The molecule has 5 heteroatoms. The predicted molar refractivity (Wildman–Crippen MR) is 72.0 cm³/mol. The van der Waals surface area contributed by atoms with Crippen molar-refractivity contribution in [2.24, 2.45) is 0 Å². The number of rotatable bonds is 5. The van der Waals surface area contributed by atoms with Gasteiger partial charge in [-0.2, -0.15) is 0 Å². The van der Waals surface area contributed by atoms with Gasteiger partial charge in [-0.15, -0.1) is 11.3 Å². The Bertz CT molecular complexity index is 544. The molecule has 0 saturated heterocycles. The zero-order valence-corrected chi connectivity index (χ0v) is 11.3. The number of hydrogen-bond donors (Lipinski definition) is 2. The first kappa shape index (κ1) is 14.1. The van der Waals surface area contributed by atoms with Crippen molar-refractivity contribution < 1.29 is 13.9 Å². The fraction of sp³-hybridized carbons (Fsp3) is 0.286. The molecule has 2 aromatic rings. The summed E-state index contributed by atoms with van der Waals surface area (Å²) >= 11 is 1.56. The SMILES string of the molecule is CC(CO)(NCc1cccs1)c1cc(F)ccc1F. The third-order valence-corrected chi connectivity index (χ3v) is 3.95. The van der Waals surface area contributed by atoms with Crippen LogP contribution in [-0.4, -0.2) is 11.7 Å². The minimum atomic E-state index is -1.02. The van der Waals surface area contributed by atoms with Crippen LogP contribution in [0.5, 0.6) is 0 Å². The summed E-state index contributed by atoms with van der Waals surface area (Å²) in [5.41, 5.74) is -0.887. The maximum atomic E-state index is 13.8. The number of thiophene rings is 1. The molecule has 1 atom stereocenters. The Morgan fingerprint density at radius 3 is 2.74 bits per heavy atom. The quantitative estimate of drug-likeness (QED) is 0.884. The van der Waals surface area contributed by atoms with E-state index in [1.165, 1.54) is 0 Å². The van der Waals surface area contributed by atoms with Crippen LogP contribution < -0.4 is 5.32 Å². The second kappa shape index (κ2) is 5.77. The van der Waals surface area contributed by atoms with Crippen LogP contribution >= 0.6 is 11.3 Å². The summed E-state index contributed by atoms with van der Waals surface area (Å²) in [5.74, 6) is -1.05. The Hall–Kier alpha value is -1.30. The van der Waals surface area contributed by atoms with Crippen molar-refractivity contribution in [1.29, 1.82) is 0 Å². The number of aliphatic hydroxyl groups is 1. The minimum absolute atomic E-state index is 0.131. The van der Waals surface area contributed by atoms with Gasteiger partial charge in [-0.25, -0.2) is 8.78 Å². The van der Waals surface area contributed by atoms with E-state index in [4.69, 9.17) is 0 Å². The Kier molecular flexibility index (Phi) is 4.29. The third-order valence-electron chi connectivity index (χ3n) is 3.07. The summed E-state index contributed by atoms with van der Waals surface area (Å²) in [4.78, 5) is 1.07. The van der Waals surface area contributed by atoms with Gasteiger partial charge in [0.25, 0.3) is 0 Å². The second-order valence-corrected chi connectivity index (χ2v) is 5.58. The molecule has 2 nitrogen and oxygen atoms in total. The van der Waals surface area contributed by atoms with Gasteiger partial charge in [-0.1, -0.05) is 6.07 Å². The van der Waals surface area contributed by atoms with Crippen LogP contribution in [-0.2, 0) is 12.1 Å². The van der Waals surface area contributed by atoms with E-state index in [0.29, 0.717) is 6.54 Å². The monoisotopic (exact) mass is 283 g/mol. The lowest BCUT2D eigenvalue weighted by atomic mass is 9.92. The first-order valence-electron chi connectivity index (χ1n) is 5.89. The van der Waals surface area contributed by atoms with Crippen molar-refractivity contribution >= 4 is 11.3 Å². The first-order chi connectivity index (χ1) is 9.05. The average molecular weight is 283 g/mol. The Labute approximate surface area is 114 Å². The van der Waals surface area contributed by atoms with Crippen LogP contribution in [0.25, 0.3) is 0 Å². The topological polar surface area (TPSA) is 32.3 Å². The summed E-state index contributed by atoms with van der Waals surface area (Å²) in [5, 5.41) is 14.6. The molecule has 0 radical (unpaired) electrons. The third kappa shape index (κ3) is 3.18. The minimum Gasteiger partial charge on any atom is -0.394 e. The predicted octanol–water partition coefficient (Wildman–Crippen LogP) is 3.02. The van der Waals surface area contributed by atoms with E-state index in [9.17, 15) is 13.9 Å². The van der Waals surface area contributed by atoms with Gasteiger partial charge in [0.1, 0.15) is 11.6 Å². The molecule has 1 aromatic carbocycles. The molecule has 0 aliphatic rings. The molecule has 19 heavy (non-hydrogen) atoms. The molecule has 0 aliphatic heterocycles. The Balaban J connectivity index is 2.23. The van der Waals surface area contributed by atoms with Crippen molar-refractivity contribution in [2.75, 3.05) is 6.61 Å². The average Bonchev–Trinajstić information content (AvgIpc) is 2.92. The lowest BCUT2D eigenvalue weighted by Gasteiger charge is -2.29. The fourth-order valence-electron chi connectivity index (χ4n) is 1.85. The van der Waals surface area contributed by atoms with E-state index < -0.39 is 17.2 Å². The van der Waals surface area contributed by atoms with Gasteiger partial charge in [0.2, 0.25) is 0 Å². The highest BCUT2D eigenvalue weighted by Gasteiger charge is 2.28. The summed E-state index contributed by atoms with van der Waals surface area (Å²) in [7, 11) is 0. The summed E-state index contributed by atoms with van der Waals surface area (Å²) in [6.45, 7) is 1.82. The van der Waals surface area contributed by atoms with Crippen LogP contribution in [0, 0.1) is 11.6 Å². The summed E-state index contributed by atoms with van der Waals surface area (Å²) in [6, 6.07) is 7.12. The van der Waals surface area contributed by atoms with Gasteiger partial charge in [0.05, 0.1) is 12.1 Å². The Morgan fingerprint density at radius 2 is 2.11 bits per heavy atom. The zero-order chi connectivity index (χ0) is 13.9. The highest BCUT2D eigenvalue weighted by molar-refractivity contribution is 7.09. The van der Waals surface area contributed by atoms with Crippen LogP contribution in [0.2, 0.25) is 0 Å². The molecule has 1 heterocycles. The van der Waals surface area contributed by atoms with Crippen LogP contribution in [0.1, 0.15) is 17.4 Å². The maximum absolute atomic E-state index is 13.8. The van der Waals surface area contributed by atoms with Crippen LogP contribution in [0.4, 0.5) is 8.78 Å². The van der Waals surface area contributed by atoms with Crippen molar-refractivity contribution in [3.63, 3.8) is 0 Å². The number of halogens is 2. The van der Waals surface area contributed by atoms with Crippen molar-refractivity contribution in [3.8, 4) is 0 Å². The molecule has 0 fully saturated rings. The van der Waals surface area contributed by atoms with E-state index in [-0.39, 0.29) is 12.2 Å². The molecule has 0 amide bonds. The molecule has 2 rings (SSSR count). The van der Waals surface area contributed by atoms with Crippen LogP contribution in [0.15, 0.2) is 35.7 Å². The van der Waals surface area contributed by atoms with Crippen LogP contribution in [0.3, 0.4) is 0 Å². The van der Waals surface area contributed by atoms with Crippen molar-refractivity contribution in [3.05, 3.63) is 57.8 Å². The van der Waals surface area contributed by atoms with E-state index in [2.05, 4.69) is 5.32 Å². The number of hydrogen-bond acceptors (Lipinski definition) is 3. The zero-order valence-electron chi connectivity index (χ0n) is 10.5. The molecular weight excluding hydrogens is 268 g/mol. The van der Waals surface area contributed by atoms with Gasteiger partial charge >= 0.3 is 0 Å². The summed E-state index contributed by atoms with van der Waals surface area (Å²) < 4.78 is 27.1. The first-order valence-corrected chi connectivity index (χ1v) is 6.77. The molecular formula is C14H15F2NOS. The van der Waals surface area contributed by atoms with Gasteiger partial charge < -0.3 is 10.4 Å².